The van der Waals surface area contributed by atoms with Crippen LogP contribution in [0.1, 0.15) is 90.0 Å². The minimum atomic E-state index is -0.691. The topological polar surface area (TPSA) is 103 Å². The van der Waals surface area contributed by atoms with Crippen molar-refractivity contribution in [3.63, 3.8) is 0 Å². The number of esters is 1. The molecule has 0 aliphatic heterocycles. The Morgan fingerprint density at radius 1 is 1.12 bits per heavy atom. The average Bonchev–Trinajstić information content (AvgIpc) is 3.06. The Kier molecular flexibility index (Phi) is 5.56. The lowest BCUT2D eigenvalue weighted by Crippen LogP contribution is -2.62. The fourth-order valence-electron chi connectivity index (χ4n) is 8.67. The Bertz CT molecular complexity index is 953. The highest BCUT2D eigenvalue weighted by atomic mass is 16.5. The van der Waals surface area contributed by atoms with E-state index in [9.17, 15) is 14.7 Å². The first-order valence-electron chi connectivity index (χ1n) is 12.9. The minimum Gasteiger partial charge on any atom is -0.461 e. The van der Waals surface area contributed by atoms with E-state index >= 15 is 0 Å². The normalized spacial score (nSPS) is 45.4. The number of carbonyl (C=O) groups is 1. The van der Waals surface area contributed by atoms with Crippen LogP contribution in [0.4, 0.5) is 0 Å². The third kappa shape index (κ3) is 3.43. The van der Waals surface area contributed by atoms with Gasteiger partial charge in [-0.3, -0.25) is 4.79 Å². The molecule has 4 aliphatic rings. The molecule has 6 nitrogen and oxygen atoms in total. The highest BCUT2D eigenvalue weighted by Crippen LogP contribution is 2.70. The molecule has 0 amide bonds. The zero-order valence-electron chi connectivity index (χ0n) is 20.2. The Hall–Kier alpha value is -1.66. The van der Waals surface area contributed by atoms with Crippen LogP contribution in [0.2, 0.25) is 0 Å². The van der Waals surface area contributed by atoms with Crippen molar-refractivity contribution in [3.05, 3.63) is 34.4 Å². The molecule has 0 radical (unpaired) electrons. The van der Waals surface area contributed by atoms with Crippen LogP contribution < -0.4 is 11.4 Å². The molecule has 4 saturated carbocycles. The second-order valence-electron chi connectivity index (χ2n) is 12.0. The van der Waals surface area contributed by atoms with Crippen LogP contribution in [0, 0.1) is 28.6 Å². The van der Waals surface area contributed by atoms with Gasteiger partial charge in [0.25, 0.3) is 0 Å². The molecular weight excluding hydrogens is 418 g/mol. The van der Waals surface area contributed by atoms with Gasteiger partial charge in [0.1, 0.15) is 12.1 Å². The first-order valence-corrected chi connectivity index (χ1v) is 12.9. The number of fused-ring (bicyclic) bond motifs is 5. The van der Waals surface area contributed by atoms with Gasteiger partial charge in [-0.25, -0.2) is 4.79 Å². The summed E-state index contributed by atoms with van der Waals surface area (Å²) in [6.07, 6.45) is 10.4. The van der Waals surface area contributed by atoms with E-state index in [1.807, 2.05) is 6.07 Å². The van der Waals surface area contributed by atoms with Crippen molar-refractivity contribution in [1.82, 2.24) is 0 Å². The zero-order valence-corrected chi connectivity index (χ0v) is 20.2. The number of hydrogen-bond acceptors (Lipinski definition) is 6. The molecule has 9 atom stereocenters. The summed E-state index contributed by atoms with van der Waals surface area (Å²) in [5.74, 6) is 1.22. The smallest absolute Gasteiger partial charge is 0.335 e. The molecule has 1 heterocycles. The molecule has 1 aromatic rings. The highest BCUT2D eigenvalue weighted by Gasteiger charge is 2.67. The molecule has 0 bridgehead atoms. The monoisotopic (exact) mass is 457 g/mol. The third-order valence-electron chi connectivity index (χ3n) is 10.6. The maximum absolute atomic E-state index is 12.3. The SMILES string of the molecule is CC(N)C(=O)OC1CC[C@@]2(C)[C@H](CC[C@@H]3[C@@H]2CC[C@]2(C)[C@@H](c4ccc(=O)oc4)CC[C@]32O)C1. The van der Waals surface area contributed by atoms with Gasteiger partial charge in [0.2, 0.25) is 0 Å². The molecular formula is C27H39NO5. The summed E-state index contributed by atoms with van der Waals surface area (Å²) >= 11 is 0. The highest BCUT2D eigenvalue weighted by molar-refractivity contribution is 5.75. The summed E-state index contributed by atoms with van der Waals surface area (Å²) in [5.41, 5.74) is 5.71. The molecule has 0 saturated heterocycles. The second kappa shape index (κ2) is 7.94. The first kappa shape index (κ1) is 23.1. The fourth-order valence-corrected chi connectivity index (χ4v) is 8.67. The number of hydrogen-bond donors (Lipinski definition) is 2. The summed E-state index contributed by atoms with van der Waals surface area (Å²) in [4.78, 5) is 23.5. The van der Waals surface area contributed by atoms with Crippen molar-refractivity contribution in [2.24, 2.45) is 34.3 Å². The van der Waals surface area contributed by atoms with Crippen LogP contribution in [-0.2, 0) is 9.53 Å². The van der Waals surface area contributed by atoms with Crippen molar-refractivity contribution in [2.75, 3.05) is 0 Å². The third-order valence-corrected chi connectivity index (χ3v) is 10.6. The first-order chi connectivity index (χ1) is 15.6. The molecule has 5 rings (SSSR count). The lowest BCUT2D eigenvalue weighted by molar-refractivity contribution is -0.207. The number of ether oxygens (including phenoxy) is 1. The Morgan fingerprint density at radius 2 is 1.91 bits per heavy atom. The molecule has 6 heteroatoms. The van der Waals surface area contributed by atoms with Crippen LogP contribution in [0.5, 0.6) is 0 Å². The van der Waals surface area contributed by atoms with Crippen molar-refractivity contribution >= 4 is 5.97 Å². The van der Waals surface area contributed by atoms with Gasteiger partial charge < -0.3 is 20.0 Å². The molecule has 182 valence electrons. The van der Waals surface area contributed by atoms with Gasteiger partial charge in [-0.1, -0.05) is 13.8 Å². The second-order valence-corrected chi connectivity index (χ2v) is 12.0. The van der Waals surface area contributed by atoms with Crippen LogP contribution in [0.15, 0.2) is 27.6 Å². The van der Waals surface area contributed by atoms with E-state index in [-0.39, 0.29) is 34.4 Å². The van der Waals surface area contributed by atoms with Gasteiger partial charge in [-0.15, -0.1) is 0 Å². The van der Waals surface area contributed by atoms with Crippen molar-refractivity contribution in [1.29, 1.82) is 0 Å². The summed E-state index contributed by atoms with van der Waals surface area (Å²) < 4.78 is 10.9. The van der Waals surface area contributed by atoms with Crippen LogP contribution in [0.25, 0.3) is 0 Å². The Morgan fingerprint density at radius 3 is 2.61 bits per heavy atom. The van der Waals surface area contributed by atoms with Gasteiger partial charge in [0, 0.05) is 11.5 Å². The van der Waals surface area contributed by atoms with E-state index in [0.717, 1.165) is 63.4 Å². The maximum Gasteiger partial charge on any atom is 0.335 e. The molecule has 4 fully saturated rings. The number of aliphatic hydroxyl groups is 1. The molecule has 2 unspecified atom stereocenters. The zero-order chi connectivity index (χ0) is 23.6. The van der Waals surface area contributed by atoms with Gasteiger partial charge in [0.05, 0.1) is 11.9 Å². The van der Waals surface area contributed by atoms with E-state index in [1.165, 1.54) is 6.07 Å². The van der Waals surface area contributed by atoms with E-state index in [1.54, 1.807) is 13.2 Å². The summed E-state index contributed by atoms with van der Waals surface area (Å²) in [5, 5.41) is 12.3. The maximum atomic E-state index is 12.3. The Labute approximate surface area is 196 Å². The molecule has 1 aromatic heterocycles. The Balaban J connectivity index is 1.37. The van der Waals surface area contributed by atoms with Crippen LogP contribution in [-0.4, -0.2) is 28.8 Å². The van der Waals surface area contributed by atoms with E-state index in [0.29, 0.717) is 17.8 Å². The summed E-state index contributed by atoms with van der Waals surface area (Å²) in [7, 11) is 0. The van der Waals surface area contributed by atoms with E-state index in [4.69, 9.17) is 14.9 Å². The van der Waals surface area contributed by atoms with Gasteiger partial charge in [-0.2, -0.15) is 0 Å². The number of carbonyl (C=O) groups excluding carboxylic acids is 1. The van der Waals surface area contributed by atoms with Gasteiger partial charge in [-0.05, 0) is 105 Å². The lowest BCUT2D eigenvalue weighted by atomic mass is 9.43. The largest absolute Gasteiger partial charge is 0.461 e. The number of nitrogens with two attached hydrogens (primary N) is 1. The summed E-state index contributed by atoms with van der Waals surface area (Å²) in [6.45, 7) is 6.38. The minimum absolute atomic E-state index is 0.0290. The number of rotatable bonds is 3. The van der Waals surface area contributed by atoms with Crippen molar-refractivity contribution < 1.29 is 19.1 Å². The van der Waals surface area contributed by atoms with Gasteiger partial charge in [0.15, 0.2) is 0 Å². The fraction of sp³-hybridized carbons (Fsp3) is 0.778. The summed E-state index contributed by atoms with van der Waals surface area (Å²) in [6, 6.07) is 2.82. The predicted octanol–water partition coefficient (Wildman–Crippen LogP) is 4.14. The molecule has 0 spiro atoms. The molecule has 0 aromatic carbocycles. The molecule has 3 N–H and O–H groups in total. The molecule has 33 heavy (non-hydrogen) atoms. The average molecular weight is 458 g/mol. The predicted molar refractivity (Wildman–Crippen MR) is 124 cm³/mol. The van der Waals surface area contributed by atoms with Crippen LogP contribution >= 0.6 is 0 Å². The molecule has 4 aliphatic carbocycles. The van der Waals surface area contributed by atoms with E-state index in [2.05, 4.69) is 13.8 Å². The van der Waals surface area contributed by atoms with E-state index < -0.39 is 11.6 Å². The van der Waals surface area contributed by atoms with Gasteiger partial charge >= 0.3 is 11.6 Å². The van der Waals surface area contributed by atoms with Crippen LogP contribution in [0.3, 0.4) is 0 Å². The lowest BCUT2D eigenvalue weighted by Gasteiger charge is -2.63. The standard InChI is InChI=1S/C27H39NO5/c1-16(28)24(30)33-19-8-11-25(2)18(14-19)5-6-22-21(25)9-12-26(3)20(10-13-27(22,26)31)17-4-7-23(29)32-15-17/h4,7,15-16,18-22,31H,5-6,8-14,28H2,1-3H3/t16?,18-,19?,20-,21+,22-,25+,26-,27+/m1/s1. The quantitative estimate of drug-likeness (QED) is 0.661. The van der Waals surface area contributed by atoms with Crippen molar-refractivity contribution in [3.8, 4) is 0 Å². The van der Waals surface area contributed by atoms with Crippen molar-refractivity contribution in [2.45, 2.75) is 102 Å².